The number of amides is 1. The summed E-state index contributed by atoms with van der Waals surface area (Å²) in [6.07, 6.45) is 3.06. The second-order valence-electron chi connectivity index (χ2n) is 4.50. The van der Waals surface area contributed by atoms with Crippen molar-refractivity contribution in [2.24, 2.45) is 0 Å². The summed E-state index contributed by atoms with van der Waals surface area (Å²) in [6.45, 7) is 0. The van der Waals surface area contributed by atoms with Crippen LogP contribution >= 0.6 is 45.9 Å². The van der Waals surface area contributed by atoms with Gasteiger partial charge in [0.2, 0.25) is 5.91 Å². The molecular weight excluding hydrogens is 371 g/mol. The maximum Gasteiger partial charge on any atom is 0.250 e. The molecule has 2 heterocycles. The van der Waals surface area contributed by atoms with Crippen molar-refractivity contribution in [3.63, 3.8) is 0 Å². The van der Waals surface area contributed by atoms with Crippen LogP contribution in [-0.4, -0.2) is 10.9 Å². The molecule has 2 aromatic heterocycles. The molecule has 1 aromatic carbocycles. The lowest BCUT2D eigenvalue weighted by Crippen LogP contribution is -2.07. The molecule has 0 saturated carbocycles. The molecule has 116 valence electrons. The molecule has 0 atom stereocenters. The fraction of sp³-hybridized carbons (Fsp3) is 0. The number of carbonyl (C=O) groups excluding carboxylic acids is 1. The minimum atomic E-state index is -0.261. The molecule has 3 aromatic rings. The van der Waals surface area contributed by atoms with E-state index < -0.39 is 0 Å². The molecule has 0 aliphatic heterocycles. The number of carbonyl (C=O) groups is 1. The number of nitrogens with zero attached hydrogens (tertiary/aromatic N) is 1. The predicted octanol–water partition coefficient (Wildman–Crippen LogP) is 5.83. The predicted molar refractivity (Wildman–Crippen MR) is 99.6 cm³/mol. The van der Waals surface area contributed by atoms with E-state index >= 15 is 0 Å². The number of benzene rings is 1. The monoisotopic (exact) mass is 380 g/mol. The van der Waals surface area contributed by atoms with Crippen LogP contribution in [0.25, 0.3) is 16.6 Å². The van der Waals surface area contributed by atoms with Gasteiger partial charge >= 0.3 is 0 Å². The summed E-state index contributed by atoms with van der Waals surface area (Å²) in [5.74, 6) is -0.261. The summed E-state index contributed by atoms with van der Waals surface area (Å²) in [6, 6.07) is 9.07. The molecule has 7 heteroatoms. The number of thiazole rings is 1. The normalized spacial score (nSPS) is 11.0. The van der Waals surface area contributed by atoms with Gasteiger partial charge in [-0.05, 0) is 35.2 Å². The van der Waals surface area contributed by atoms with E-state index in [1.807, 2.05) is 22.9 Å². The molecule has 3 rings (SSSR count). The summed E-state index contributed by atoms with van der Waals surface area (Å²) >= 11 is 14.9. The molecule has 3 nitrogen and oxygen atoms in total. The second kappa shape index (κ2) is 7.27. The molecule has 0 fully saturated rings. The summed E-state index contributed by atoms with van der Waals surface area (Å²) in [7, 11) is 0. The van der Waals surface area contributed by atoms with Crippen LogP contribution < -0.4 is 5.32 Å². The molecule has 0 spiro atoms. The fourth-order valence-corrected chi connectivity index (χ4v) is 3.76. The Morgan fingerprint density at radius 2 is 2.09 bits per heavy atom. The summed E-state index contributed by atoms with van der Waals surface area (Å²) in [4.78, 5) is 17.4. The Morgan fingerprint density at radius 3 is 2.83 bits per heavy atom. The van der Waals surface area contributed by atoms with Crippen LogP contribution in [0.15, 0.2) is 47.2 Å². The van der Waals surface area contributed by atoms with E-state index in [0.29, 0.717) is 15.2 Å². The van der Waals surface area contributed by atoms with Crippen molar-refractivity contribution in [1.82, 2.24) is 4.98 Å². The van der Waals surface area contributed by atoms with Crippen LogP contribution in [0.4, 0.5) is 5.13 Å². The summed E-state index contributed by atoms with van der Waals surface area (Å²) in [5.41, 5.74) is 1.59. The van der Waals surface area contributed by atoms with Gasteiger partial charge in [0.15, 0.2) is 5.13 Å². The smallest absolute Gasteiger partial charge is 0.250 e. The van der Waals surface area contributed by atoms with E-state index in [9.17, 15) is 4.79 Å². The Kier molecular flexibility index (Phi) is 5.13. The van der Waals surface area contributed by atoms with Gasteiger partial charge in [-0.25, -0.2) is 4.98 Å². The quantitative estimate of drug-likeness (QED) is 0.578. The van der Waals surface area contributed by atoms with Gasteiger partial charge in [0.1, 0.15) is 0 Å². The zero-order valence-electron chi connectivity index (χ0n) is 11.6. The first-order chi connectivity index (χ1) is 11.1. The molecule has 0 radical (unpaired) electrons. The first-order valence-electron chi connectivity index (χ1n) is 6.55. The zero-order chi connectivity index (χ0) is 16.2. The minimum absolute atomic E-state index is 0.261. The molecular formula is C16H10Cl2N2OS2. The van der Waals surface area contributed by atoms with Gasteiger partial charge in [-0.2, -0.15) is 0 Å². The Labute approximate surface area is 151 Å². The molecule has 0 unspecified atom stereocenters. The highest BCUT2D eigenvalue weighted by atomic mass is 35.5. The van der Waals surface area contributed by atoms with Gasteiger partial charge in [-0.3, -0.25) is 10.1 Å². The van der Waals surface area contributed by atoms with Crippen molar-refractivity contribution in [2.75, 3.05) is 5.32 Å². The van der Waals surface area contributed by atoms with Gasteiger partial charge in [0.25, 0.3) is 0 Å². The largest absolute Gasteiger partial charge is 0.298 e. The van der Waals surface area contributed by atoms with Crippen molar-refractivity contribution in [1.29, 1.82) is 0 Å². The van der Waals surface area contributed by atoms with Crippen LogP contribution in [0, 0.1) is 0 Å². The number of anilines is 1. The van der Waals surface area contributed by atoms with Crippen LogP contribution in [0.3, 0.4) is 0 Å². The number of hydrogen-bond donors (Lipinski definition) is 1. The van der Waals surface area contributed by atoms with Gasteiger partial charge in [-0.15, -0.1) is 22.7 Å². The van der Waals surface area contributed by atoms with Crippen molar-refractivity contribution >= 4 is 63.0 Å². The van der Waals surface area contributed by atoms with E-state index in [-0.39, 0.29) is 5.91 Å². The maximum absolute atomic E-state index is 12.0. The topological polar surface area (TPSA) is 42.0 Å². The Hall–Kier alpha value is -1.66. The van der Waals surface area contributed by atoms with E-state index in [2.05, 4.69) is 10.3 Å². The average Bonchev–Trinajstić information content (AvgIpc) is 3.17. The third-order valence-corrected chi connectivity index (χ3v) is 5.10. The van der Waals surface area contributed by atoms with Crippen LogP contribution in [0.5, 0.6) is 0 Å². The Balaban J connectivity index is 1.66. The van der Waals surface area contributed by atoms with Crippen LogP contribution in [0.2, 0.25) is 10.0 Å². The highest BCUT2D eigenvalue weighted by Gasteiger charge is 2.07. The molecule has 0 bridgehead atoms. The van der Waals surface area contributed by atoms with Gasteiger partial charge in [-0.1, -0.05) is 35.3 Å². The standard InChI is InChI=1S/C16H10Cl2N2OS2/c17-11-5-3-10(12(18)8-11)4-6-15(21)20-16-19-13(9-23-16)14-2-1-7-22-14/h1-9H,(H,19,20,21). The van der Waals surface area contributed by atoms with Crippen molar-refractivity contribution < 1.29 is 4.79 Å². The van der Waals surface area contributed by atoms with Gasteiger partial charge in [0, 0.05) is 21.5 Å². The number of hydrogen-bond acceptors (Lipinski definition) is 4. The molecule has 1 amide bonds. The molecule has 1 N–H and O–H groups in total. The zero-order valence-corrected chi connectivity index (χ0v) is 14.8. The number of aromatic nitrogens is 1. The molecule has 0 aliphatic rings. The number of nitrogens with one attached hydrogen (secondary N) is 1. The highest BCUT2D eigenvalue weighted by Crippen LogP contribution is 2.28. The second-order valence-corrected chi connectivity index (χ2v) is 7.15. The lowest BCUT2D eigenvalue weighted by atomic mass is 10.2. The third-order valence-electron chi connectivity index (χ3n) is 2.88. The van der Waals surface area contributed by atoms with E-state index in [1.54, 1.807) is 35.6 Å². The highest BCUT2D eigenvalue weighted by molar-refractivity contribution is 7.16. The minimum Gasteiger partial charge on any atom is -0.298 e. The van der Waals surface area contributed by atoms with E-state index in [0.717, 1.165) is 16.1 Å². The Morgan fingerprint density at radius 1 is 1.22 bits per heavy atom. The van der Waals surface area contributed by atoms with Crippen LogP contribution in [0.1, 0.15) is 5.56 Å². The van der Waals surface area contributed by atoms with E-state index in [4.69, 9.17) is 23.2 Å². The summed E-state index contributed by atoms with van der Waals surface area (Å²) < 4.78 is 0. The maximum atomic E-state index is 12.0. The number of halogens is 2. The number of rotatable bonds is 4. The van der Waals surface area contributed by atoms with Gasteiger partial charge < -0.3 is 0 Å². The van der Waals surface area contributed by atoms with Crippen molar-refractivity contribution in [3.05, 3.63) is 62.8 Å². The summed E-state index contributed by atoms with van der Waals surface area (Å²) in [5, 5.41) is 8.26. The van der Waals surface area contributed by atoms with Crippen molar-refractivity contribution in [3.8, 4) is 10.6 Å². The van der Waals surface area contributed by atoms with Crippen LogP contribution in [-0.2, 0) is 4.79 Å². The third kappa shape index (κ3) is 4.20. The first kappa shape index (κ1) is 16.2. The molecule has 0 aliphatic carbocycles. The lowest BCUT2D eigenvalue weighted by molar-refractivity contribution is -0.111. The fourth-order valence-electron chi connectivity index (χ4n) is 1.82. The average molecular weight is 381 g/mol. The van der Waals surface area contributed by atoms with Gasteiger partial charge in [0.05, 0.1) is 10.6 Å². The molecule has 0 saturated heterocycles. The Bertz CT molecular complexity index is 857. The SMILES string of the molecule is O=C(C=Cc1ccc(Cl)cc1Cl)Nc1nc(-c2cccs2)cs1. The lowest BCUT2D eigenvalue weighted by Gasteiger charge is -1.99. The first-order valence-corrected chi connectivity index (χ1v) is 9.07. The van der Waals surface area contributed by atoms with E-state index in [1.165, 1.54) is 17.4 Å². The molecule has 23 heavy (non-hydrogen) atoms. The van der Waals surface area contributed by atoms with Crippen molar-refractivity contribution in [2.45, 2.75) is 0 Å². The number of thiophene rings is 1.